The quantitative estimate of drug-likeness (QED) is 0.772. The normalized spacial score (nSPS) is 21.5. The molecule has 1 aliphatic carbocycles. The summed E-state index contributed by atoms with van der Waals surface area (Å²) in [6, 6.07) is 1.62. The lowest BCUT2D eigenvalue weighted by Crippen LogP contribution is -2.38. The first-order valence-corrected chi connectivity index (χ1v) is 6.35. The van der Waals surface area contributed by atoms with Crippen LogP contribution in [0.25, 0.3) is 0 Å². The van der Waals surface area contributed by atoms with E-state index in [-0.39, 0.29) is 0 Å². The minimum atomic E-state index is -0.422. The highest BCUT2D eigenvalue weighted by Crippen LogP contribution is 2.45. The van der Waals surface area contributed by atoms with Crippen molar-refractivity contribution in [2.45, 2.75) is 45.1 Å². The number of carbonyl (C=O) groups is 1. The van der Waals surface area contributed by atoms with Gasteiger partial charge in [0.15, 0.2) is 12.1 Å². The summed E-state index contributed by atoms with van der Waals surface area (Å²) in [6.07, 6.45) is 6.34. The number of carbonyl (C=O) groups excluding carboxylic acids is 1. The third kappa shape index (κ3) is 2.43. The molecular weight excluding hydrogens is 228 g/mol. The van der Waals surface area contributed by atoms with E-state index in [0.29, 0.717) is 16.9 Å². The largest absolute Gasteiger partial charge is 0.370 e. The first kappa shape index (κ1) is 13.1. The Morgan fingerprint density at radius 3 is 2.50 bits per heavy atom. The van der Waals surface area contributed by atoms with Crippen LogP contribution in [-0.2, 0) is 10.3 Å². The van der Waals surface area contributed by atoms with Crippen molar-refractivity contribution in [1.82, 2.24) is 9.97 Å². The second kappa shape index (κ2) is 4.76. The maximum absolute atomic E-state index is 10.8. The summed E-state index contributed by atoms with van der Waals surface area (Å²) in [5, 5.41) is 0. The Hall–Kier alpha value is -1.29. The van der Waals surface area contributed by atoms with Crippen LogP contribution in [0.1, 0.15) is 55.8 Å². The van der Waals surface area contributed by atoms with Gasteiger partial charge in [0.25, 0.3) is 0 Å². The van der Waals surface area contributed by atoms with E-state index in [1.165, 1.54) is 0 Å². The summed E-state index contributed by atoms with van der Waals surface area (Å²) in [7, 11) is 1.70. The van der Waals surface area contributed by atoms with Crippen LogP contribution in [0, 0.1) is 5.41 Å². The Bertz CT molecular complexity index is 433. The average molecular weight is 248 g/mol. The second-order valence-electron chi connectivity index (χ2n) is 5.79. The number of ether oxygens (including phenoxy) is 1. The van der Waals surface area contributed by atoms with E-state index in [2.05, 4.69) is 23.8 Å². The van der Waals surface area contributed by atoms with E-state index in [4.69, 9.17) is 4.74 Å². The molecule has 1 saturated carbocycles. The zero-order valence-electron chi connectivity index (χ0n) is 11.3. The maximum atomic E-state index is 10.8. The van der Waals surface area contributed by atoms with Crippen LogP contribution in [0.15, 0.2) is 12.3 Å². The Morgan fingerprint density at radius 2 is 1.94 bits per heavy atom. The summed E-state index contributed by atoms with van der Waals surface area (Å²) in [5.41, 5.74) is 0.347. The molecule has 0 amide bonds. The van der Waals surface area contributed by atoms with E-state index >= 15 is 0 Å². The maximum Gasteiger partial charge on any atom is 0.168 e. The summed E-state index contributed by atoms with van der Waals surface area (Å²) in [5.74, 6) is 0.644. The molecule has 1 aromatic rings. The molecule has 0 saturated heterocycles. The highest BCUT2D eigenvalue weighted by Gasteiger charge is 2.42. The molecule has 0 aromatic carbocycles. The molecule has 0 atom stereocenters. The van der Waals surface area contributed by atoms with Gasteiger partial charge in [-0.25, -0.2) is 9.97 Å². The van der Waals surface area contributed by atoms with Crippen molar-refractivity contribution >= 4 is 6.29 Å². The Morgan fingerprint density at radius 1 is 1.28 bits per heavy atom. The molecule has 18 heavy (non-hydrogen) atoms. The standard InChI is InChI=1S/C14H20N2O2/c1-13(2)5-7-14(18-3,8-6-13)12-15-9-4-11(10-17)16-12/h4,9-10H,5-8H2,1-3H3. The number of hydrogen-bond donors (Lipinski definition) is 0. The van der Waals surface area contributed by atoms with Gasteiger partial charge in [-0.05, 0) is 37.2 Å². The fourth-order valence-corrected chi connectivity index (χ4v) is 2.51. The zero-order chi connectivity index (χ0) is 13.2. The molecule has 0 bridgehead atoms. The van der Waals surface area contributed by atoms with Gasteiger partial charge in [0, 0.05) is 13.3 Å². The van der Waals surface area contributed by atoms with Gasteiger partial charge in [-0.1, -0.05) is 13.8 Å². The van der Waals surface area contributed by atoms with Gasteiger partial charge in [-0.3, -0.25) is 4.79 Å². The summed E-state index contributed by atoms with van der Waals surface area (Å²) in [4.78, 5) is 19.4. The van der Waals surface area contributed by atoms with Crippen molar-refractivity contribution in [3.05, 3.63) is 23.8 Å². The van der Waals surface area contributed by atoms with Crippen LogP contribution >= 0.6 is 0 Å². The first-order valence-electron chi connectivity index (χ1n) is 6.35. The van der Waals surface area contributed by atoms with E-state index in [0.717, 1.165) is 32.0 Å². The third-order valence-electron chi connectivity index (χ3n) is 4.01. The number of methoxy groups -OCH3 is 1. The van der Waals surface area contributed by atoms with Crippen LogP contribution in [0.4, 0.5) is 0 Å². The van der Waals surface area contributed by atoms with Crippen molar-refractivity contribution in [3.8, 4) is 0 Å². The van der Waals surface area contributed by atoms with Gasteiger partial charge in [-0.2, -0.15) is 0 Å². The molecule has 4 nitrogen and oxygen atoms in total. The number of nitrogens with zero attached hydrogens (tertiary/aromatic N) is 2. The van der Waals surface area contributed by atoms with Crippen LogP contribution in [0.2, 0.25) is 0 Å². The fraction of sp³-hybridized carbons (Fsp3) is 0.643. The van der Waals surface area contributed by atoms with Gasteiger partial charge < -0.3 is 4.74 Å². The van der Waals surface area contributed by atoms with Gasteiger partial charge in [-0.15, -0.1) is 0 Å². The number of hydrogen-bond acceptors (Lipinski definition) is 4. The predicted molar refractivity (Wildman–Crippen MR) is 68.4 cm³/mol. The van der Waals surface area contributed by atoms with Crippen molar-refractivity contribution in [2.24, 2.45) is 5.41 Å². The molecule has 0 unspecified atom stereocenters. The second-order valence-corrected chi connectivity index (χ2v) is 5.79. The zero-order valence-corrected chi connectivity index (χ0v) is 11.3. The molecule has 0 spiro atoms. The molecule has 1 heterocycles. The van der Waals surface area contributed by atoms with Crippen molar-refractivity contribution in [1.29, 1.82) is 0 Å². The van der Waals surface area contributed by atoms with E-state index < -0.39 is 5.60 Å². The van der Waals surface area contributed by atoms with E-state index in [1.54, 1.807) is 19.4 Å². The molecule has 1 fully saturated rings. The fourth-order valence-electron chi connectivity index (χ4n) is 2.51. The van der Waals surface area contributed by atoms with Crippen molar-refractivity contribution in [2.75, 3.05) is 7.11 Å². The van der Waals surface area contributed by atoms with Crippen LogP contribution in [0.5, 0.6) is 0 Å². The van der Waals surface area contributed by atoms with E-state index in [9.17, 15) is 4.79 Å². The SMILES string of the molecule is COC1(c2nccc(C=O)n2)CCC(C)(C)CC1. The molecule has 4 heteroatoms. The van der Waals surface area contributed by atoms with Crippen LogP contribution in [-0.4, -0.2) is 23.4 Å². The monoisotopic (exact) mass is 248 g/mol. The highest BCUT2D eigenvalue weighted by molar-refractivity contribution is 5.71. The van der Waals surface area contributed by atoms with Gasteiger partial charge in [0.2, 0.25) is 0 Å². The molecule has 0 radical (unpaired) electrons. The van der Waals surface area contributed by atoms with Gasteiger partial charge in [0.05, 0.1) is 0 Å². The molecule has 0 N–H and O–H groups in total. The Kier molecular flexibility index (Phi) is 3.48. The smallest absolute Gasteiger partial charge is 0.168 e. The lowest BCUT2D eigenvalue weighted by Gasteiger charge is -2.41. The van der Waals surface area contributed by atoms with Gasteiger partial charge >= 0.3 is 0 Å². The highest BCUT2D eigenvalue weighted by atomic mass is 16.5. The van der Waals surface area contributed by atoms with Crippen molar-refractivity contribution < 1.29 is 9.53 Å². The predicted octanol–water partition coefficient (Wildman–Crippen LogP) is 2.73. The van der Waals surface area contributed by atoms with Crippen LogP contribution in [0.3, 0.4) is 0 Å². The van der Waals surface area contributed by atoms with Crippen LogP contribution < -0.4 is 0 Å². The average Bonchev–Trinajstić information content (AvgIpc) is 2.39. The number of aromatic nitrogens is 2. The Labute approximate surface area is 108 Å². The summed E-state index contributed by atoms with van der Waals surface area (Å²) in [6.45, 7) is 4.55. The summed E-state index contributed by atoms with van der Waals surface area (Å²) < 4.78 is 5.72. The molecule has 0 aliphatic heterocycles. The number of rotatable bonds is 3. The minimum Gasteiger partial charge on any atom is -0.370 e. The van der Waals surface area contributed by atoms with Crippen molar-refractivity contribution in [3.63, 3.8) is 0 Å². The third-order valence-corrected chi connectivity index (χ3v) is 4.01. The molecule has 2 rings (SSSR count). The first-order chi connectivity index (χ1) is 8.51. The Balaban J connectivity index is 2.30. The lowest BCUT2D eigenvalue weighted by molar-refractivity contribution is -0.0729. The number of aldehydes is 1. The molecular formula is C14H20N2O2. The topological polar surface area (TPSA) is 52.1 Å². The molecule has 98 valence electrons. The van der Waals surface area contributed by atoms with Gasteiger partial charge in [0.1, 0.15) is 11.3 Å². The summed E-state index contributed by atoms with van der Waals surface area (Å²) >= 11 is 0. The van der Waals surface area contributed by atoms with E-state index in [1.807, 2.05) is 0 Å². The lowest BCUT2D eigenvalue weighted by atomic mass is 9.70. The minimum absolute atomic E-state index is 0.351. The molecule has 1 aliphatic rings. The molecule has 1 aromatic heterocycles.